The van der Waals surface area contributed by atoms with E-state index >= 15 is 0 Å². The fourth-order valence-corrected chi connectivity index (χ4v) is 1.47. The quantitative estimate of drug-likeness (QED) is 0.587. The largest absolute Gasteiger partial charge is 0.483 e. The van der Waals surface area contributed by atoms with Crippen molar-refractivity contribution in [2.75, 3.05) is 13.2 Å². The van der Waals surface area contributed by atoms with Gasteiger partial charge in [0.15, 0.2) is 6.61 Å². The summed E-state index contributed by atoms with van der Waals surface area (Å²) in [5, 5.41) is 11.2. The third-order valence-electron chi connectivity index (χ3n) is 2.37. The van der Waals surface area contributed by atoms with Crippen molar-refractivity contribution in [3.8, 4) is 5.75 Å². The van der Waals surface area contributed by atoms with Crippen molar-refractivity contribution in [3.05, 3.63) is 48.1 Å². The van der Waals surface area contributed by atoms with E-state index in [0.717, 1.165) is 11.6 Å². The molecule has 2 N–H and O–H groups in total. The summed E-state index contributed by atoms with van der Waals surface area (Å²) < 4.78 is 5.39. The zero-order valence-corrected chi connectivity index (χ0v) is 11.3. The van der Waals surface area contributed by atoms with E-state index < -0.39 is 5.97 Å². The van der Waals surface area contributed by atoms with Gasteiger partial charge in [-0.25, -0.2) is 4.79 Å². The number of carbonyl (C=O) groups excluding carboxylic acids is 1. The van der Waals surface area contributed by atoms with Crippen LogP contribution in [0, 0.1) is 6.92 Å². The van der Waals surface area contributed by atoms with Gasteiger partial charge in [0, 0.05) is 18.2 Å². The summed E-state index contributed by atoms with van der Waals surface area (Å²) in [5.41, 5.74) is 1.59. The Bertz CT molecular complexity index is 535. The number of carbonyl (C=O) groups is 2. The van der Waals surface area contributed by atoms with Gasteiger partial charge in [0.2, 0.25) is 0 Å². The van der Waals surface area contributed by atoms with Gasteiger partial charge in [-0.1, -0.05) is 17.7 Å². The van der Waals surface area contributed by atoms with E-state index in [9.17, 15) is 9.59 Å². The number of carboxylic acids is 1. The average molecular weight is 275 g/mol. The first-order valence-electron chi connectivity index (χ1n) is 6.05. The summed E-state index contributed by atoms with van der Waals surface area (Å²) in [6.45, 7) is 5.63. The Hall–Kier alpha value is -2.56. The highest BCUT2D eigenvalue weighted by atomic mass is 16.5. The van der Waals surface area contributed by atoms with Gasteiger partial charge < -0.3 is 15.2 Å². The number of aryl methyl sites for hydroxylation is 1. The van der Waals surface area contributed by atoms with Crippen molar-refractivity contribution in [1.29, 1.82) is 0 Å². The topological polar surface area (TPSA) is 75.6 Å². The van der Waals surface area contributed by atoms with Crippen molar-refractivity contribution >= 4 is 18.0 Å². The van der Waals surface area contributed by atoms with Crippen LogP contribution in [0.1, 0.15) is 11.1 Å². The average Bonchev–Trinajstić information content (AvgIpc) is 2.41. The molecule has 0 heterocycles. The number of ether oxygens (including phenoxy) is 1. The maximum atomic E-state index is 11.4. The number of hydrogen-bond donors (Lipinski definition) is 2. The molecule has 106 valence electrons. The van der Waals surface area contributed by atoms with Crippen molar-refractivity contribution in [2.45, 2.75) is 6.92 Å². The maximum absolute atomic E-state index is 11.4. The van der Waals surface area contributed by atoms with Gasteiger partial charge in [-0.05, 0) is 25.1 Å². The summed E-state index contributed by atoms with van der Waals surface area (Å²) in [6.07, 6.45) is 4.04. The molecular formula is C15H17NO4. The number of aliphatic carboxylic acids is 1. The molecule has 1 amide bonds. The molecule has 1 aromatic carbocycles. The third-order valence-corrected chi connectivity index (χ3v) is 2.37. The Morgan fingerprint density at radius 3 is 2.85 bits per heavy atom. The van der Waals surface area contributed by atoms with E-state index in [4.69, 9.17) is 9.84 Å². The van der Waals surface area contributed by atoms with Gasteiger partial charge in [-0.15, -0.1) is 6.58 Å². The molecule has 0 aromatic heterocycles. The van der Waals surface area contributed by atoms with E-state index in [-0.39, 0.29) is 12.5 Å². The maximum Gasteiger partial charge on any atom is 0.328 e. The van der Waals surface area contributed by atoms with Crippen LogP contribution in [-0.2, 0) is 9.59 Å². The molecule has 0 atom stereocenters. The highest BCUT2D eigenvalue weighted by molar-refractivity contribution is 5.86. The molecule has 0 unspecified atom stereocenters. The predicted octanol–water partition coefficient (Wildman–Crippen LogP) is 1.77. The number of hydrogen-bond acceptors (Lipinski definition) is 3. The number of rotatable bonds is 7. The summed E-state index contributed by atoms with van der Waals surface area (Å²) in [5.74, 6) is -0.846. The van der Waals surface area contributed by atoms with Crippen LogP contribution in [0.15, 0.2) is 36.9 Å². The number of amides is 1. The summed E-state index contributed by atoms with van der Waals surface area (Å²) in [4.78, 5) is 22.0. The molecule has 0 radical (unpaired) electrons. The monoisotopic (exact) mass is 275 g/mol. The molecule has 0 fully saturated rings. The Labute approximate surface area is 117 Å². The van der Waals surface area contributed by atoms with E-state index in [1.807, 2.05) is 13.0 Å². The lowest BCUT2D eigenvalue weighted by atomic mass is 10.1. The minimum absolute atomic E-state index is 0.134. The lowest BCUT2D eigenvalue weighted by molar-refractivity contribution is -0.131. The SMILES string of the molecule is C=CCNC(=O)COc1ccc(C)cc1C=CC(=O)O. The Morgan fingerprint density at radius 2 is 2.20 bits per heavy atom. The smallest absolute Gasteiger partial charge is 0.328 e. The summed E-state index contributed by atoms with van der Waals surface area (Å²) in [6, 6.07) is 5.32. The van der Waals surface area contributed by atoms with Crippen LogP contribution in [0.3, 0.4) is 0 Å². The van der Waals surface area contributed by atoms with Crippen LogP contribution in [0.2, 0.25) is 0 Å². The van der Waals surface area contributed by atoms with E-state index in [2.05, 4.69) is 11.9 Å². The number of carboxylic acid groups (broad SMARTS) is 1. The zero-order chi connectivity index (χ0) is 15.0. The normalized spacial score (nSPS) is 10.2. The first-order chi connectivity index (χ1) is 9.52. The molecule has 0 saturated heterocycles. The van der Waals surface area contributed by atoms with E-state index in [0.29, 0.717) is 17.9 Å². The van der Waals surface area contributed by atoms with Crippen LogP contribution in [0.5, 0.6) is 5.75 Å². The van der Waals surface area contributed by atoms with Gasteiger partial charge in [0.05, 0.1) is 0 Å². The molecular weight excluding hydrogens is 258 g/mol. The lowest BCUT2D eigenvalue weighted by Gasteiger charge is -2.09. The molecule has 1 aromatic rings. The van der Waals surface area contributed by atoms with Gasteiger partial charge in [0.1, 0.15) is 5.75 Å². The minimum Gasteiger partial charge on any atom is -0.483 e. The molecule has 0 aliphatic heterocycles. The first kappa shape index (κ1) is 15.5. The van der Waals surface area contributed by atoms with Gasteiger partial charge >= 0.3 is 5.97 Å². The number of nitrogens with one attached hydrogen (secondary N) is 1. The molecule has 1 rings (SSSR count). The minimum atomic E-state index is -1.04. The predicted molar refractivity (Wildman–Crippen MR) is 76.6 cm³/mol. The number of benzene rings is 1. The van der Waals surface area contributed by atoms with Gasteiger partial charge in [-0.3, -0.25) is 4.79 Å². The molecule has 5 heteroatoms. The summed E-state index contributed by atoms with van der Waals surface area (Å²) >= 11 is 0. The van der Waals surface area contributed by atoms with E-state index in [1.54, 1.807) is 18.2 Å². The van der Waals surface area contributed by atoms with Crippen LogP contribution in [-0.4, -0.2) is 30.1 Å². The Morgan fingerprint density at radius 1 is 1.45 bits per heavy atom. The fraction of sp³-hybridized carbons (Fsp3) is 0.200. The zero-order valence-electron chi connectivity index (χ0n) is 11.3. The van der Waals surface area contributed by atoms with Crippen molar-refractivity contribution in [1.82, 2.24) is 5.32 Å². The van der Waals surface area contributed by atoms with Crippen molar-refractivity contribution in [2.24, 2.45) is 0 Å². The standard InChI is InChI=1S/C15H17NO4/c1-3-8-16-14(17)10-20-13-6-4-11(2)9-12(13)5-7-15(18)19/h3-7,9H,1,8,10H2,2H3,(H,16,17)(H,18,19). The van der Waals surface area contributed by atoms with Crippen LogP contribution in [0.4, 0.5) is 0 Å². The highest BCUT2D eigenvalue weighted by Gasteiger charge is 2.05. The van der Waals surface area contributed by atoms with Crippen LogP contribution >= 0.6 is 0 Å². The molecule has 0 aliphatic rings. The molecule has 0 bridgehead atoms. The Kier molecular flexibility index (Phi) is 6.03. The van der Waals surface area contributed by atoms with Gasteiger partial charge in [-0.2, -0.15) is 0 Å². The van der Waals surface area contributed by atoms with Gasteiger partial charge in [0.25, 0.3) is 5.91 Å². The molecule has 20 heavy (non-hydrogen) atoms. The highest BCUT2D eigenvalue weighted by Crippen LogP contribution is 2.21. The molecule has 0 saturated carbocycles. The second kappa shape index (κ2) is 7.78. The second-order valence-corrected chi connectivity index (χ2v) is 4.09. The Balaban J connectivity index is 2.76. The second-order valence-electron chi connectivity index (χ2n) is 4.09. The van der Waals surface area contributed by atoms with Crippen molar-refractivity contribution in [3.63, 3.8) is 0 Å². The molecule has 0 spiro atoms. The van der Waals surface area contributed by atoms with Crippen LogP contribution in [0.25, 0.3) is 6.08 Å². The van der Waals surface area contributed by atoms with E-state index in [1.165, 1.54) is 6.08 Å². The molecule has 5 nitrogen and oxygen atoms in total. The van der Waals surface area contributed by atoms with Crippen LogP contribution < -0.4 is 10.1 Å². The fourth-order valence-electron chi connectivity index (χ4n) is 1.47. The third kappa shape index (κ3) is 5.39. The summed E-state index contributed by atoms with van der Waals surface area (Å²) in [7, 11) is 0. The first-order valence-corrected chi connectivity index (χ1v) is 6.05. The van der Waals surface area contributed by atoms with Crippen molar-refractivity contribution < 1.29 is 19.4 Å². The molecule has 0 aliphatic carbocycles. The lowest BCUT2D eigenvalue weighted by Crippen LogP contribution is -2.28.